The smallest absolute Gasteiger partial charge is 0.0867 e. The van der Waals surface area contributed by atoms with Crippen LogP contribution in [0.15, 0.2) is 22.1 Å². The summed E-state index contributed by atoms with van der Waals surface area (Å²) in [6.45, 7) is 0. The lowest BCUT2D eigenvalue weighted by atomic mass is 10.2. The molecule has 1 unspecified atom stereocenters. The Bertz CT molecular complexity index is 410. The van der Waals surface area contributed by atoms with E-state index in [2.05, 4.69) is 36.9 Å². The Morgan fingerprint density at radius 2 is 2.40 bits per heavy atom. The third-order valence-electron chi connectivity index (χ3n) is 2.24. The van der Waals surface area contributed by atoms with Crippen LogP contribution in [0.2, 0.25) is 0 Å². The van der Waals surface area contributed by atoms with Crippen LogP contribution in [0.5, 0.6) is 0 Å². The number of hydrogen-bond acceptors (Lipinski definition) is 4. The van der Waals surface area contributed by atoms with Gasteiger partial charge in [-0.3, -0.25) is 4.68 Å². The van der Waals surface area contributed by atoms with Crippen LogP contribution in [0.25, 0.3) is 0 Å². The number of halogens is 1. The Hall–Kier alpha value is -0.720. The lowest BCUT2D eigenvalue weighted by Gasteiger charge is -2.14. The van der Waals surface area contributed by atoms with Crippen molar-refractivity contribution in [3.05, 3.63) is 32.7 Å². The Morgan fingerprint density at radius 1 is 1.60 bits per heavy atom. The van der Waals surface area contributed by atoms with Crippen molar-refractivity contribution < 1.29 is 0 Å². The third-order valence-corrected chi connectivity index (χ3v) is 4.18. The highest BCUT2D eigenvalue weighted by atomic mass is 79.9. The van der Waals surface area contributed by atoms with Gasteiger partial charge in [-0.1, -0.05) is 5.21 Å². The standard InChI is InChI=1S/C9H11BrN4S/c1-11-8(7-5-12-13-14(7)2)9-6(10)3-4-15-9/h3-5,8,11H,1-2H3. The molecule has 0 radical (unpaired) electrons. The predicted octanol–water partition coefficient (Wildman–Crippen LogP) is 1.95. The zero-order chi connectivity index (χ0) is 10.8. The molecular weight excluding hydrogens is 276 g/mol. The van der Waals surface area contributed by atoms with E-state index >= 15 is 0 Å². The van der Waals surface area contributed by atoms with E-state index in [9.17, 15) is 0 Å². The Labute approximate surface area is 100 Å². The maximum atomic E-state index is 3.94. The summed E-state index contributed by atoms with van der Waals surface area (Å²) in [6, 6.07) is 2.19. The summed E-state index contributed by atoms with van der Waals surface area (Å²) in [5, 5.41) is 13.2. The van der Waals surface area contributed by atoms with Crippen LogP contribution in [0.4, 0.5) is 0 Å². The minimum absolute atomic E-state index is 0.138. The van der Waals surface area contributed by atoms with Gasteiger partial charge in [0.1, 0.15) is 0 Å². The van der Waals surface area contributed by atoms with E-state index in [0.717, 1.165) is 10.2 Å². The predicted molar refractivity (Wildman–Crippen MR) is 63.9 cm³/mol. The Kier molecular flexibility index (Phi) is 3.18. The number of nitrogens with one attached hydrogen (secondary N) is 1. The zero-order valence-electron chi connectivity index (χ0n) is 8.44. The molecule has 2 aromatic rings. The average Bonchev–Trinajstić information content (AvgIpc) is 2.80. The largest absolute Gasteiger partial charge is 0.307 e. The zero-order valence-corrected chi connectivity index (χ0v) is 10.8. The number of hydrogen-bond donors (Lipinski definition) is 1. The molecular formula is C9H11BrN4S. The molecule has 1 atom stereocenters. The minimum atomic E-state index is 0.138. The summed E-state index contributed by atoms with van der Waals surface area (Å²) in [7, 11) is 3.83. The molecule has 4 nitrogen and oxygen atoms in total. The van der Waals surface area contributed by atoms with Crippen molar-refractivity contribution in [2.24, 2.45) is 7.05 Å². The molecule has 0 saturated carbocycles. The normalized spacial score (nSPS) is 13.0. The third kappa shape index (κ3) is 1.97. The molecule has 0 aromatic carbocycles. The van der Waals surface area contributed by atoms with Crippen molar-refractivity contribution in [3.63, 3.8) is 0 Å². The molecule has 0 amide bonds. The van der Waals surface area contributed by atoms with Gasteiger partial charge < -0.3 is 5.32 Å². The first-order valence-corrected chi connectivity index (χ1v) is 6.16. The van der Waals surface area contributed by atoms with Gasteiger partial charge in [-0.2, -0.15) is 0 Å². The molecule has 6 heteroatoms. The molecule has 0 spiro atoms. The van der Waals surface area contributed by atoms with Crippen molar-refractivity contribution >= 4 is 27.3 Å². The molecule has 80 valence electrons. The van der Waals surface area contributed by atoms with Gasteiger partial charge in [0.2, 0.25) is 0 Å². The second kappa shape index (κ2) is 4.42. The van der Waals surface area contributed by atoms with Crippen LogP contribution in [0, 0.1) is 0 Å². The molecule has 0 aliphatic carbocycles. The number of rotatable bonds is 3. The van der Waals surface area contributed by atoms with Crippen LogP contribution in [-0.4, -0.2) is 22.0 Å². The van der Waals surface area contributed by atoms with Crippen LogP contribution >= 0.6 is 27.3 Å². The van der Waals surface area contributed by atoms with Crippen LogP contribution in [-0.2, 0) is 7.05 Å². The van der Waals surface area contributed by atoms with E-state index in [1.165, 1.54) is 4.88 Å². The molecule has 0 fully saturated rings. The van der Waals surface area contributed by atoms with Gasteiger partial charge in [0.25, 0.3) is 0 Å². The summed E-state index contributed by atoms with van der Waals surface area (Å²) in [5.41, 5.74) is 1.06. The first kappa shape index (κ1) is 10.8. The van der Waals surface area contributed by atoms with Gasteiger partial charge >= 0.3 is 0 Å². The number of aromatic nitrogens is 3. The van der Waals surface area contributed by atoms with Gasteiger partial charge in [-0.15, -0.1) is 16.4 Å². The van der Waals surface area contributed by atoms with E-state index in [1.807, 2.05) is 20.2 Å². The maximum Gasteiger partial charge on any atom is 0.0867 e. The number of thiophene rings is 1. The highest BCUT2D eigenvalue weighted by Crippen LogP contribution is 2.32. The lowest BCUT2D eigenvalue weighted by molar-refractivity contribution is 0.603. The van der Waals surface area contributed by atoms with E-state index < -0.39 is 0 Å². The fourth-order valence-electron chi connectivity index (χ4n) is 1.48. The highest BCUT2D eigenvalue weighted by molar-refractivity contribution is 9.10. The van der Waals surface area contributed by atoms with Gasteiger partial charge in [-0.25, -0.2) is 0 Å². The van der Waals surface area contributed by atoms with Crippen LogP contribution < -0.4 is 5.32 Å². The quantitative estimate of drug-likeness (QED) is 0.938. The van der Waals surface area contributed by atoms with Crippen LogP contribution in [0.1, 0.15) is 16.6 Å². The number of aryl methyl sites for hydroxylation is 1. The maximum absolute atomic E-state index is 3.94. The SMILES string of the molecule is CNC(c1sccc1Br)c1cnnn1C. The monoisotopic (exact) mass is 286 g/mol. The van der Waals surface area contributed by atoms with Crippen molar-refractivity contribution in [2.75, 3.05) is 7.05 Å². The molecule has 0 aliphatic heterocycles. The first-order valence-electron chi connectivity index (χ1n) is 4.48. The molecule has 0 saturated heterocycles. The summed E-state index contributed by atoms with van der Waals surface area (Å²) < 4.78 is 2.90. The van der Waals surface area contributed by atoms with E-state index in [1.54, 1.807) is 22.2 Å². The summed E-state index contributed by atoms with van der Waals surface area (Å²) in [5.74, 6) is 0. The van der Waals surface area contributed by atoms with E-state index in [0.29, 0.717) is 0 Å². The lowest BCUT2D eigenvalue weighted by Crippen LogP contribution is -2.19. The second-order valence-corrected chi connectivity index (χ2v) is 4.94. The van der Waals surface area contributed by atoms with Crippen molar-refractivity contribution in [2.45, 2.75) is 6.04 Å². The summed E-state index contributed by atoms with van der Waals surface area (Å²) >= 11 is 5.25. The Morgan fingerprint density at radius 3 is 2.87 bits per heavy atom. The van der Waals surface area contributed by atoms with Crippen molar-refractivity contribution in [1.29, 1.82) is 0 Å². The van der Waals surface area contributed by atoms with E-state index in [-0.39, 0.29) is 6.04 Å². The number of nitrogens with zero attached hydrogens (tertiary/aromatic N) is 3. The van der Waals surface area contributed by atoms with Crippen molar-refractivity contribution in [1.82, 2.24) is 20.3 Å². The molecule has 0 bridgehead atoms. The fraction of sp³-hybridized carbons (Fsp3) is 0.333. The van der Waals surface area contributed by atoms with Gasteiger partial charge in [0.15, 0.2) is 0 Å². The topological polar surface area (TPSA) is 42.7 Å². The van der Waals surface area contributed by atoms with Crippen LogP contribution in [0.3, 0.4) is 0 Å². The fourth-order valence-corrected chi connectivity index (χ4v) is 3.21. The van der Waals surface area contributed by atoms with Gasteiger partial charge in [0, 0.05) is 16.4 Å². The van der Waals surface area contributed by atoms with Gasteiger partial charge in [0.05, 0.1) is 17.9 Å². The van der Waals surface area contributed by atoms with Gasteiger partial charge in [-0.05, 0) is 34.4 Å². The average molecular weight is 287 g/mol. The molecule has 2 rings (SSSR count). The summed E-state index contributed by atoms with van der Waals surface area (Å²) in [4.78, 5) is 1.24. The molecule has 1 N–H and O–H groups in total. The highest BCUT2D eigenvalue weighted by Gasteiger charge is 2.19. The molecule has 2 heterocycles. The Balaban J connectivity index is 2.41. The molecule has 15 heavy (non-hydrogen) atoms. The molecule has 2 aromatic heterocycles. The summed E-state index contributed by atoms with van der Waals surface area (Å²) in [6.07, 6.45) is 1.79. The molecule has 0 aliphatic rings. The van der Waals surface area contributed by atoms with Crippen molar-refractivity contribution in [3.8, 4) is 0 Å². The van der Waals surface area contributed by atoms with E-state index in [4.69, 9.17) is 0 Å². The first-order chi connectivity index (χ1) is 7.24. The minimum Gasteiger partial charge on any atom is -0.307 e. The second-order valence-electron chi connectivity index (χ2n) is 3.14.